The summed E-state index contributed by atoms with van der Waals surface area (Å²) in [5.41, 5.74) is 0.618. The summed E-state index contributed by atoms with van der Waals surface area (Å²) in [6, 6.07) is 2.85. The minimum absolute atomic E-state index is 0.0438. The Morgan fingerprint density at radius 2 is 1.72 bits per heavy atom. The van der Waals surface area contributed by atoms with Crippen LogP contribution in [-0.4, -0.2) is 43.6 Å². The first-order valence-corrected chi connectivity index (χ1v) is 19.2. The lowest BCUT2D eigenvalue weighted by molar-refractivity contribution is 0.00357. The van der Waals surface area contributed by atoms with Crippen LogP contribution in [-0.2, 0) is 9.47 Å². The lowest BCUT2D eigenvalue weighted by Gasteiger charge is -2.41. The molecule has 47 heavy (non-hydrogen) atoms. The third-order valence-electron chi connectivity index (χ3n) is 8.72. The Morgan fingerprint density at radius 1 is 1.02 bits per heavy atom. The number of hydrogen-bond acceptors (Lipinski definition) is 5. The molecule has 0 N–H and O–H groups in total. The van der Waals surface area contributed by atoms with Gasteiger partial charge in [0.15, 0.2) is 0 Å². The molecule has 1 aliphatic carbocycles. The number of amides is 1. The van der Waals surface area contributed by atoms with Gasteiger partial charge in [0, 0.05) is 30.7 Å². The highest BCUT2D eigenvalue weighted by Crippen LogP contribution is 2.51. The van der Waals surface area contributed by atoms with Crippen molar-refractivity contribution in [2.24, 2.45) is 17.3 Å². The number of carbonyl (C=O) groups excluding carboxylic acids is 1. The Bertz CT molecular complexity index is 1080. The highest BCUT2D eigenvalue weighted by Gasteiger charge is 2.50. The van der Waals surface area contributed by atoms with Gasteiger partial charge in [0.25, 0.3) is 0 Å². The van der Waals surface area contributed by atoms with E-state index in [1.54, 1.807) is 14.1 Å². The van der Waals surface area contributed by atoms with Crippen LogP contribution in [0.15, 0.2) is 70.9 Å². The van der Waals surface area contributed by atoms with Crippen molar-refractivity contribution in [2.45, 2.75) is 132 Å². The van der Waals surface area contributed by atoms with E-state index in [9.17, 15) is 10.1 Å². The molecule has 1 rings (SSSR count). The van der Waals surface area contributed by atoms with Crippen LogP contribution in [0.25, 0.3) is 0 Å². The van der Waals surface area contributed by atoms with Crippen molar-refractivity contribution in [3.05, 3.63) is 70.9 Å². The number of allylic oxidation sites excluding steroid dienone is 9. The lowest BCUT2D eigenvalue weighted by atomic mass is 9.61. The Labute approximate surface area is 294 Å². The highest BCUT2D eigenvalue weighted by atomic mass is 32.2. The number of carbonyl (C=O) groups is 1. The van der Waals surface area contributed by atoms with Crippen molar-refractivity contribution >= 4 is 17.9 Å². The van der Waals surface area contributed by atoms with Crippen LogP contribution in [0.2, 0.25) is 0 Å². The van der Waals surface area contributed by atoms with E-state index in [1.165, 1.54) is 15.4 Å². The van der Waals surface area contributed by atoms with E-state index in [-0.39, 0.29) is 24.0 Å². The van der Waals surface area contributed by atoms with Crippen molar-refractivity contribution in [1.29, 1.82) is 5.26 Å². The molecular weight excluding hydrogens is 601 g/mol. The van der Waals surface area contributed by atoms with Crippen molar-refractivity contribution in [3.63, 3.8) is 0 Å². The molecule has 4 unspecified atom stereocenters. The summed E-state index contributed by atoms with van der Waals surface area (Å²) >= 11 is 1.82. The molecule has 0 saturated heterocycles. The van der Waals surface area contributed by atoms with Gasteiger partial charge in [-0.25, -0.2) is 4.79 Å². The van der Waals surface area contributed by atoms with E-state index in [1.807, 2.05) is 45.5 Å². The number of rotatable bonds is 21. The van der Waals surface area contributed by atoms with Gasteiger partial charge in [-0.2, -0.15) is 5.26 Å². The quantitative estimate of drug-likeness (QED) is 0.0692. The van der Waals surface area contributed by atoms with Gasteiger partial charge in [-0.15, -0.1) is 11.8 Å². The molecule has 0 aromatic rings. The fourth-order valence-corrected chi connectivity index (χ4v) is 7.12. The molecule has 1 aliphatic rings. The maximum atomic E-state index is 12.5. The molecule has 0 aromatic carbocycles. The number of nitriles is 1. The molecule has 266 valence electrons. The molecule has 5 nitrogen and oxygen atoms in total. The number of unbranched alkanes of at least 4 members (excludes halogenated alkanes) is 3. The largest absolute Gasteiger partial charge is 0.494 e. The zero-order valence-corrected chi connectivity index (χ0v) is 32.5. The summed E-state index contributed by atoms with van der Waals surface area (Å²) in [7, 11) is 3.44. The van der Waals surface area contributed by atoms with Crippen LogP contribution in [0, 0.1) is 28.6 Å². The van der Waals surface area contributed by atoms with Crippen molar-refractivity contribution in [1.82, 2.24) is 4.90 Å². The first-order chi connectivity index (χ1) is 22.7. The first kappa shape index (κ1) is 44.4. The van der Waals surface area contributed by atoms with Gasteiger partial charge in [-0.05, 0) is 90.7 Å². The Balaban J connectivity index is 0.0000104. The second-order valence-electron chi connectivity index (χ2n) is 12.2. The molecule has 1 amide bonds. The molecule has 6 heteroatoms. The minimum Gasteiger partial charge on any atom is -0.494 e. The summed E-state index contributed by atoms with van der Waals surface area (Å²) in [5.74, 6) is 2.16. The van der Waals surface area contributed by atoms with Gasteiger partial charge in [0.1, 0.15) is 11.9 Å². The van der Waals surface area contributed by atoms with Gasteiger partial charge in [0.2, 0.25) is 0 Å². The van der Waals surface area contributed by atoms with Crippen LogP contribution >= 0.6 is 11.8 Å². The fraction of sp³-hybridized carbons (Fsp3) is 0.659. The lowest BCUT2D eigenvalue weighted by Crippen LogP contribution is -2.43. The predicted octanol–water partition coefficient (Wildman–Crippen LogP) is 12.4. The smallest absolute Gasteiger partial charge is 0.409 e. The normalized spacial score (nSPS) is 19.4. The molecule has 4 atom stereocenters. The number of thioether (sulfide) groups is 1. The van der Waals surface area contributed by atoms with Crippen LogP contribution in [0.5, 0.6) is 0 Å². The van der Waals surface area contributed by atoms with Gasteiger partial charge in [-0.3, -0.25) is 0 Å². The zero-order valence-electron chi connectivity index (χ0n) is 31.6. The molecule has 0 radical (unpaired) electrons. The van der Waals surface area contributed by atoms with Gasteiger partial charge < -0.3 is 14.4 Å². The van der Waals surface area contributed by atoms with E-state index >= 15 is 0 Å². The molecule has 0 aromatic heterocycles. The van der Waals surface area contributed by atoms with Crippen LogP contribution in [0.3, 0.4) is 0 Å². The average Bonchev–Trinajstić information content (AvgIpc) is 3.54. The molecule has 1 saturated carbocycles. The van der Waals surface area contributed by atoms with E-state index in [2.05, 4.69) is 82.4 Å². The summed E-state index contributed by atoms with van der Waals surface area (Å²) in [4.78, 5) is 15.3. The van der Waals surface area contributed by atoms with E-state index in [0.29, 0.717) is 6.42 Å². The molecule has 0 heterocycles. The van der Waals surface area contributed by atoms with E-state index in [0.717, 1.165) is 82.3 Å². The van der Waals surface area contributed by atoms with Gasteiger partial charge >= 0.3 is 6.09 Å². The summed E-state index contributed by atoms with van der Waals surface area (Å²) < 4.78 is 12.1. The SMILES string of the molecule is C/C=C\C(C)=C/CC(C#N)(C(CC)CCCCCCOC(/C=C\CSC(/C=C\C)=C/C)=C/CC)C1CCCC1OC(=O)N(C)C.CC. The topological polar surface area (TPSA) is 62.6 Å². The second-order valence-corrected chi connectivity index (χ2v) is 13.3. The fourth-order valence-electron chi connectivity index (χ4n) is 6.33. The molecule has 1 fully saturated rings. The maximum Gasteiger partial charge on any atom is 0.409 e. The van der Waals surface area contributed by atoms with Crippen LogP contribution < -0.4 is 0 Å². The monoisotopic (exact) mass is 668 g/mol. The van der Waals surface area contributed by atoms with E-state index in [4.69, 9.17) is 9.47 Å². The summed E-state index contributed by atoms with van der Waals surface area (Å²) in [6.45, 7) is 17.3. The van der Waals surface area contributed by atoms with Crippen LogP contribution in [0.4, 0.5) is 4.79 Å². The average molecular weight is 669 g/mol. The van der Waals surface area contributed by atoms with Crippen molar-refractivity contribution in [2.75, 3.05) is 26.5 Å². The standard InChI is InChI=1S/C39H62N2O3S.C2H6/c1-9-20-32(6)27-28-39(31-40,36-25-18-26-37(36)44-38(42)41(7)8)33(12-4)23-16-14-15-17-29-43-34(21-10-2)24-19-30-45-35(13-5)22-11-3;1-2/h9,11,13,19-22,24,27,33,36-37H,10,12,14-18,23,25-26,28-30H2,1-8H3;1-2H3/b20-9-,22-11-,24-19-,32-27-,34-21+,35-13+;. The summed E-state index contributed by atoms with van der Waals surface area (Å²) in [5, 5.41) is 10.9. The molecule has 0 aliphatic heterocycles. The number of ether oxygens (including phenoxy) is 2. The minimum atomic E-state index is -0.556. The Morgan fingerprint density at radius 3 is 2.32 bits per heavy atom. The van der Waals surface area contributed by atoms with Crippen LogP contribution in [0.1, 0.15) is 126 Å². The first-order valence-electron chi connectivity index (χ1n) is 18.2. The second kappa shape index (κ2) is 27.3. The Kier molecular flexibility index (Phi) is 25.8. The van der Waals surface area contributed by atoms with Crippen molar-refractivity contribution in [3.8, 4) is 6.07 Å². The van der Waals surface area contributed by atoms with Gasteiger partial charge in [-0.1, -0.05) is 101 Å². The zero-order chi connectivity index (χ0) is 35.5. The molecule has 0 bridgehead atoms. The van der Waals surface area contributed by atoms with Gasteiger partial charge in [0.05, 0.1) is 18.1 Å². The summed E-state index contributed by atoms with van der Waals surface area (Å²) in [6.07, 6.45) is 29.3. The third-order valence-corrected chi connectivity index (χ3v) is 9.78. The predicted molar refractivity (Wildman–Crippen MR) is 205 cm³/mol. The van der Waals surface area contributed by atoms with Crippen molar-refractivity contribution < 1.29 is 14.3 Å². The number of hydrogen-bond donors (Lipinski definition) is 0. The van der Waals surface area contributed by atoms with E-state index < -0.39 is 5.41 Å². The highest BCUT2D eigenvalue weighted by molar-refractivity contribution is 8.03. The maximum absolute atomic E-state index is 12.5. The molecule has 0 spiro atoms. The number of nitrogens with zero attached hydrogens (tertiary/aromatic N) is 2. The Hall–Kier alpha value is -2.65. The molecular formula is C41H68N2O3S. The third kappa shape index (κ3) is 16.8.